The summed E-state index contributed by atoms with van der Waals surface area (Å²) in [6.45, 7) is 0. The van der Waals surface area contributed by atoms with Gasteiger partial charge in [-0.2, -0.15) is 0 Å². The zero-order valence-corrected chi connectivity index (χ0v) is 4.79. The van der Waals surface area contributed by atoms with E-state index in [-0.39, 0.29) is 5.70 Å². The molecule has 1 aliphatic rings. The minimum absolute atomic E-state index is 0.204. The zero-order valence-electron chi connectivity index (χ0n) is 4.79. The van der Waals surface area contributed by atoms with E-state index in [9.17, 15) is 4.79 Å². The van der Waals surface area contributed by atoms with Gasteiger partial charge in [0.25, 0.3) is 5.91 Å². The lowest BCUT2D eigenvalue weighted by Gasteiger charge is -1.91. The van der Waals surface area contributed by atoms with E-state index in [0.29, 0.717) is 12.1 Å². The van der Waals surface area contributed by atoms with E-state index in [2.05, 4.69) is 4.99 Å². The Morgan fingerprint density at radius 2 is 2.44 bits per heavy atom. The number of allylic oxidation sites excluding steroid dienone is 1. The minimum atomic E-state index is -0.554. The van der Waals surface area contributed by atoms with Gasteiger partial charge in [0.05, 0.1) is 0 Å². The molecule has 0 fully saturated rings. The predicted octanol–water partition coefficient (Wildman–Crippen LogP) is -0.883. The molecule has 4 N–H and O–H groups in total. The van der Waals surface area contributed by atoms with Crippen LogP contribution in [0.4, 0.5) is 0 Å². The summed E-state index contributed by atoms with van der Waals surface area (Å²) >= 11 is 0. The summed E-state index contributed by atoms with van der Waals surface area (Å²) in [5.41, 5.74) is 10.9. The van der Waals surface area contributed by atoms with Crippen LogP contribution < -0.4 is 11.5 Å². The molecule has 9 heavy (non-hydrogen) atoms. The molecule has 4 nitrogen and oxygen atoms in total. The molecular weight excluding hydrogens is 118 g/mol. The molecule has 1 rings (SSSR count). The van der Waals surface area contributed by atoms with Crippen molar-refractivity contribution in [2.75, 3.05) is 0 Å². The second-order valence-electron chi connectivity index (χ2n) is 1.75. The van der Waals surface area contributed by atoms with Crippen molar-refractivity contribution in [2.24, 2.45) is 16.5 Å². The van der Waals surface area contributed by atoms with Gasteiger partial charge in [-0.05, 0) is 0 Å². The number of nitrogens with zero attached hydrogens (tertiary/aromatic N) is 1. The van der Waals surface area contributed by atoms with Gasteiger partial charge in [-0.3, -0.25) is 9.79 Å². The van der Waals surface area contributed by atoms with E-state index in [0.717, 1.165) is 0 Å². The number of carbonyl (C=O) groups excluding carboxylic acids is 1. The summed E-state index contributed by atoms with van der Waals surface area (Å²) < 4.78 is 0. The van der Waals surface area contributed by atoms with E-state index >= 15 is 0 Å². The van der Waals surface area contributed by atoms with Crippen LogP contribution >= 0.6 is 0 Å². The molecule has 0 atom stereocenters. The first kappa shape index (κ1) is 5.81. The lowest BCUT2D eigenvalue weighted by atomic mass is 10.3. The van der Waals surface area contributed by atoms with Crippen molar-refractivity contribution in [1.82, 2.24) is 0 Å². The number of nitrogens with two attached hydrogens (primary N) is 2. The Hall–Kier alpha value is -1.32. The fourth-order valence-electron chi connectivity index (χ4n) is 0.637. The van der Waals surface area contributed by atoms with Gasteiger partial charge in [0.2, 0.25) is 0 Å². The van der Waals surface area contributed by atoms with E-state index < -0.39 is 5.91 Å². The predicted molar refractivity (Wildman–Crippen MR) is 33.5 cm³/mol. The van der Waals surface area contributed by atoms with Crippen LogP contribution in [-0.2, 0) is 4.79 Å². The molecule has 0 aliphatic carbocycles. The first-order valence-electron chi connectivity index (χ1n) is 2.53. The maximum absolute atomic E-state index is 10.4. The fourth-order valence-corrected chi connectivity index (χ4v) is 0.637. The van der Waals surface area contributed by atoms with Crippen LogP contribution in [0.5, 0.6) is 0 Å². The van der Waals surface area contributed by atoms with Gasteiger partial charge in [-0.1, -0.05) is 0 Å². The monoisotopic (exact) mass is 125 g/mol. The third-order valence-corrected chi connectivity index (χ3v) is 1.07. The molecule has 0 saturated heterocycles. The van der Waals surface area contributed by atoms with E-state index in [1.807, 2.05) is 0 Å². The Morgan fingerprint density at radius 3 is 2.67 bits per heavy atom. The molecular formula is C5H7N3O. The van der Waals surface area contributed by atoms with E-state index in [1.165, 1.54) is 0 Å². The lowest BCUT2D eigenvalue weighted by Crippen LogP contribution is -2.15. The number of hydrogen-bond acceptors (Lipinski definition) is 3. The molecule has 4 heteroatoms. The Labute approximate surface area is 52.2 Å². The van der Waals surface area contributed by atoms with Crippen molar-refractivity contribution in [1.29, 1.82) is 0 Å². The van der Waals surface area contributed by atoms with Crippen molar-refractivity contribution in [3.05, 3.63) is 11.4 Å². The van der Waals surface area contributed by atoms with Gasteiger partial charge in [0.1, 0.15) is 5.70 Å². The fraction of sp³-hybridized carbons (Fsp3) is 0.200. The van der Waals surface area contributed by atoms with Gasteiger partial charge in [-0.25, -0.2) is 0 Å². The van der Waals surface area contributed by atoms with Gasteiger partial charge in [0.15, 0.2) is 0 Å². The summed E-state index contributed by atoms with van der Waals surface area (Å²) in [5.74, 6) is -0.554. The lowest BCUT2D eigenvalue weighted by molar-refractivity contribution is -0.114. The first-order valence-corrected chi connectivity index (χ1v) is 2.53. The standard InChI is InChI=1S/C5H7N3O/c6-3-1-2-8-4(3)5(7)9/h2H,1,6H2,(H2,7,9). The molecule has 0 unspecified atom stereocenters. The highest BCUT2D eigenvalue weighted by Crippen LogP contribution is 2.08. The molecule has 0 aromatic heterocycles. The third kappa shape index (κ3) is 0.910. The molecule has 0 radical (unpaired) electrons. The van der Waals surface area contributed by atoms with Crippen molar-refractivity contribution in [2.45, 2.75) is 6.42 Å². The SMILES string of the molecule is NC(=O)C1=C(N)CC=N1. The summed E-state index contributed by atoms with van der Waals surface area (Å²) in [5, 5.41) is 0. The third-order valence-electron chi connectivity index (χ3n) is 1.07. The van der Waals surface area contributed by atoms with Crippen LogP contribution in [0.1, 0.15) is 6.42 Å². The summed E-state index contributed by atoms with van der Waals surface area (Å²) in [4.78, 5) is 14.1. The van der Waals surface area contributed by atoms with Gasteiger partial charge in [-0.15, -0.1) is 0 Å². The number of amides is 1. The Kier molecular flexibility index (Phi) is 1.22. The van der Waals surface area contributed by atoms with Crippen molar-refractivity contribution < 1.29 is 4.79 Å². The Morgan fingerprint density at radius 1 is 1.78 bits per heavy atom. The molecule has 48 valence electrons. The number of primary amides is 1. The number of carbonyl (C=O) groups is 1. The average Bonchev–Trinajstić information content (AvgIpc) is 2.13. The van der Waals surface area contributed by atoms with E-state index in [1.54, 1.807) is 6.21 Å². The first-order chi connectivity index (χ1) is 4.22. The highest BCUT2D eigenvalue weighted by molar-refractivity contribution is 5.96. The molecule has 0 aromatic rings. The average molecular weight is 125 g/mol. The topological polar surface area (TPSA) is 81.5 Å². The van der Waals surface area contributed by atoms with Crippen LogP contribution in [-0.4, -0.2) is 12.1 Å². The van der Waals surface area contributed by atoms with Crippen LogP contribution in [0.15, 0.2) is 16.4 Å². The molecule has 0 spiro atoms. The van der Waals surface area contributed by atoms with Crippen LogP contribution in [0, 0.1) is 0 Å². The zero-order chi connectivity index (χ0) is 6.85. The molecule has 1 heterocycles. The Bertz CT molecular complexity index is 204. The van der Waals surface area contributed by atoms with Crippen LogP contribution in [0.25, 0.3) is 0 Å². The Balaban J connectivity index is 2.89. The number of hydrogen-bond donors (Lipinski definition) is 2. The highest BCUT2D eigenvalue weighted by Gasteiger charge is 2.11. The molecule has 0 saturated carbocycles. The van der Waals surface area contributed by atoms with Crippen molar-refractivity contribution >= 4 is 12.1 Å². The van der Waals surface area contributed by atoms with Gasteiger partial charge in [0, 0.05) is 18.3 Å². The summed E-state index contributed by atoms with van der Waals surface area (Å²) in [6.07, 6.45) is 2.10. The maximum atomic E-state index is 10.4. The molecule has 0 aromatic carbocycles. The quantitative estimate of drug-likeness (QED) is 0.477. The number of rotatable bonds is 1. The van der Waals surface area contributed by atoms with Gasteiger partial charge >= 0.3 is 0 Å². The second kappa shape index (κ2) is 1.89. The largest absolute Gasteiger partial charge is 0.400 e. The van der Waals surface area contributed by atoms with E-state index in [4.69, 9.17) is 11.5 Å². The van der Waals surface area contributed by atoms with Crippen LogP contribution in [0.3, 0.4) is 0 Å². The molecule has 1 aliphatic heterocycles. The van der Waals surface area contributed by atoms with Gasteiger partial charge < -0.3 is 11.5 Å². The second-order valence-corrected chi connectivity index (χ2v) is 1.75. The van der Waals surface area contributed by atoms with Crippen LogP contribution in [0.2, 0.25) is 0 Å². The molecule has 1 amide bonds. The summed E-state index contributed by atoms with van der Waals surface area (Å²) in [6, 6.07) is 0. The van der Waals surface area contributed by atoms with Crippen molar-refractivity contribution in [3.63, 3.8) is 0 Å². The number of aliphatic imine (C=N–C) groups is 1. The maximum Gasteiger partial charge on any atom is 0.269 e. The minimum Gasteiger partial charge on any atom is -0.400 e. The smallest absolute Gasteiger partial charge is 0.269 e. The summed E-state index contributed by atoms with van der Waals surface area (Å²) in [7, 11) is 0. The highest BCUT2D eigenvalue weighted by atomic mass is 16.1. The van der Waals surface area contributed by atoms with Crippen molar-refractivity contribution in [3.8, 4) is 0 Å². The normalized spacial score (nSPS) is 16.9. The molecule has 0 bridgehead atoms.